The van der Waals surface area contributed by atoms with Crippen molar-refractivity contribution in [3.05, 3.63) is 0 Å². The first-order valence-electron chi connectivity index (χ1n) is 11.4. The zero-order chi connectivity index (χ0) is 26.0. The molecule has 2 aliphatic heterocycles. The molecule has 2 heterocycles. The number of urea groups is 1. The molecule has 0 unspecified atom stereocenters. The summed E-state index contributed by atoms with van der Waals surface area (Å²) in [6.45, 7) is -0.667. The van der Waals surface area contributed by atoms with Crippen LogP contribution in [0.5, 0.6) is 0 Å². The molecular formula is C19H38N6O10. The van der Waals surface area contributed by atoms with Crippen molar-refractivity contribution in [3.63, 3.8) is 0 Å². The van der Waals surface area contributed by atoms with Gasteiger partial charge in [-0.05, 0) is 12.8 Å². The van der Waals surface area contributed by atoms with E-state index in [9.17, 15) is 30.3 Å². The van der Waals surface area contributed by atoms with Crippen LogP contribution < -0.4 is 34.0 Å². The molecule has 1 saturated carbocycles. The summed E-state index contributed by atoms with van der Waals surface area (Å²) in [6, 6.07) is -4.30. The zero-order valence-corrected chi connectivity index (χ0v) is 19.1. The molecule has 16 N–H and O–H groups in total. The predicted molar refractivity (Wildman–Crippen MR) is 117 cm³/mol. The van der Waals surface area contributed by atoms with E-state index in [4.69, 9.17) is 47.6 Å². The van der Waals surface area contributed by atoms with Gasteiger partial charge in [-0.2, -0.15) is 0 Å². The summed E-state index contributed by atoms with van der Waals surface area (Å²) in [5.74, 6) is 0. The van der Waals surface area contributed by atoms with E-state index in [1.165, 1.54) is 0 Å². The fourth-order valence-corrected chi connectivity index (χ4v) is 4.60. The van der Waals surface area contributed by atoms with E-state index < -0.39 is 98.2 Å². The number of nitrogens with one attached hydrogen (secondary N) is 1. The Balaban J connectivity index is 1.69. The summed E-state index contributed by atoms with van der Waals surface area (Å²) in [7, 11) is 0. The van der Waals surface area contributed by atoms with Crippen LogP contribution in [0.3, 0.4) is 0 Å². The molecule has 0 spiro atoms. The van der Waals surface area contributed by atoms with Gasteiger partial charge in [-0.15, -0.1) is 0 Å². The van der Waals surface area contributed by atoms with Gasteiger partial charge in [-0.3, -0.25) is 0 Å². The van der Waals surface area contributed by atoms with Crippen LogP contribution in [0.4, 0.5) is 4.79 Å². The lowest BCUT2D eigenvalue weighted by atomic mass is 9.84. The second kappa shape index (κ2) is 11.9. The minimum Gasteiger partial charge on any atom is -0.394 e. The van der Waals surface area contributed by atoms with Crippen LogP contribution in [-0.2, 0) is 18.9 Å². The lowest BCUT2D eigenvalue weighted by Crippen LogP contribution is -2.68. The maximum absolute atomic E-state index is 11.0. The summed E-state index contributed by atoms with van der Waals surface area (Å²) in [5.41, 5.74) is 29.3. The minimum absolute atomic E-state index is 0.0815. The van der Waals surface area contributed by atoms with Crippen molar-refractivity contribution in [2.45, 2.75) is 98.4 Å². The highest BCUT2D eigenvalue weighted by Crippen LogP contribution is 2.30. The normalized spacial score (nSPS) is 48.9. The fourth-order valence-electron chi connectivity index (χ4n) is 4.60. The molecule has 3 fully saturated rings. The van der Waals surface area contributed by atoms with Gasteiger partial charge < -0.3 is 78.5 Å². The molecule has 0 aromatic carbocycles. The van der Waals surface area contributed by atoms with Gasteiger partial charge in [0.2, 0.25) is 0 Å². The number of aliphatic hydroxyl groups excluding tert-OH is 5. The summed E-state index contributed by atoms with van der Waals surface area (Å²) in [4.78, 5) is 11.0. The van der Waals surface area contributed by atoms with Gasteiger partial charge in [-0.25, -0.2) is 4.79 Å². The van der Waals surface area contributed by atoms with Gasteiger partial charge in [-0.1, -0.05) is 0 Å². The molecule has 16 nitrogen and oxygen atoms in total. The number of ether oxygens (including phenoxy) is 4. The Kier molecular flexibility index (Phi) is 9.60. The molecule has 3 aliphatic rings. The monoisotopic (exact) mass is 510 g/mol. The number of primary amides is 1. The number of hydrogen-bond acceptors (Lipinski definition) is 14. The topological polar surface area (TPSA) is 297 Å². The number of nitrogens with two attached hydrogens (primary N) is 5. The molecule has 0 bridgehead atoms. The molecule has 14 atom stereocenters. The highest BCUT2D eigenvalue weighted by Gasteiger charge is 2.50. The number of carbonyl (C=O) groups excluding carboxylic acids is 1. The smallest absolute Gasteiger partial charge is 0.312 e. The molecule has 204 valence electrons. The molecule has 2 saturated heterocycles. The van der Waals surface area contributed by atoms with Crippen molar-refractivity contribution in [3.8, 4) is 0 Å². The van der Waals surface area contributed by atoms with E-state index in [0.29, 0.717) is 0 Å². The zero-order valence-electron chi connectivity index (χ0n) is 19.1. The van der Waals surface area contributed by atoms with Gasteiger partial charge in [0.05, 0.1) is 24.8 Å². The Labute approximate surface area is 201 Å². The molecular weight excluding hydrogens is 472 g/mol. The largest absolute Gasteiger partial charge is 0.394 e. The molecule has 0 aromatic heterocycles. The number of aliphatic hydroxyl groups is 5. The number of amides is 2. The highest BCUT2D eigenvalue weighted by atomic mass is 16.7. The standard InChI is InChI=1S/C19H38N6O10/c20-5-1-6(21)16(35-18-13(29)11(23)12(28)10(4-26)33-18)14(30)15(5)34-17-7(22)2-8(27)9(32-17)3-25-19(24)31/h5-18,26-30H,1-4,20-23H2,(H3,24,25,31)/t5-,6+,7+,8-,9+,10+,11-,12+,13+,14-,15+,16-,17+,18+/m0/s1. The average molecular weight is 511 g/mol. The van der Waals surface area contributed by atoms with Crippen molar-refractivity contribution >= 4 is 6.03 Å². The van der Waals surface area contributed by atoms with Crippen molar-refractivity contribution in [2.75, 3.05) is 13.2 Å². The Morgan fingerprint density at radius 1 is 0.829 bits per heavy atom. The minimum atomic E-state index is -1.47. The maximum atomic E-state index is 11.0. The van der Waals surface area contributed by atoms with E-state index in [0.717, 1.165) is 0 Å². The van der Waals surface area contributed by atoms with Gasteiger partial charge in [0.15, 0.2) is 12.6 Å². The quantitative estimate of drug-likeness (QED) is 0.152. The van der Waals surface area contributed by atoms with Gasteiger partial charge in [0.1, 0.15) is 42.7 Å². The molecule has 3 rings (SSSR count). The fraction of sp³-hybridized carbons (Fsp3) is 0.947. The summed E-state index contributed by atoms with van der Waals surface area (Å²) >= 11 is 0. The Hall–Kier alpha value is -1.25. The molecule has 1 aliphatic carbocycles. The third-order valence-electron chi connectivity index (χ3n) is 6.66. The Morgan fingerprint density at radius 2 is 1.40 bits per heavy atom. The SMILES string of the molecule is NC(=O)NC[C@H]1O[C@H](O[C@H]2[C@H](O)[C@@H](O[C@H]3O[C@H](CO)[C@@H](O)[C@H](N)[C@H]3O)[C@H](N)C[C@@H]2N)[C@H](N)C[C@@H]1O. The number of carbonyl (C=O) groups is 1. The molecule has 16 heteroatoms. The van der Waals surface area contributed by atoms with E-state index in [1.807, 2.05) is 0 Å². The molecule has 0 radical (unpaired) electrons. The maximum Gasteiger partial charge on any atom is 0.312 e. The second-order valence-electron chi connectivity index (χ2n) is 9.29. The lowest BCUT2D eigenvalue weighted by molar-refractivity contribution is -0.315. The van der Waals surface area contributed by atoms with Crippen molar-refractivity contribution in [1.82, 2.24) is 5.32 Å². The first-order chi connectivity index (χ1) is 16.4. The van der Waals surface area contributed by atoms with Crippen molar-refractivity contribution in [1.29, 1.82) is 0 Å². The first kappa shape index (κ1) is 28.3. The van der Waals surface area contributed by atoms with Crippen LogP contribution in [0.1, 0.15) is 12.8 Å². The van der Waals surface area contributed by atoms with E-state index in [-0.39, 0.29) is 19.4 Å². The van der Waals surface area contributed by atoms with E-state index in [2.05, 4.69) is 5.32 Å². The van der Waals surface area contributed by atoms with Gasteiger partial charge >= 0.3 is 6.03 Å². The van der Waals surface area contributed by atoms with Gasteiger partial charge in [0.25, 0.3) is 0 Å². The van der Waals surface area contributed by atoms with Crippen LogP contribution in [0.25, 0.3) is 0 Å². The molecule has 0 aromatic rings. The summed E-state index contributed by atoms with van der Waals surface area (Å²) in [6.07, 6.45) is -11.7. The van der Waals surface area contributed by atoms with Crippen LogP contribution in [0, 0.1) is 0 Å². The van der Waals surface area contributed by atoms with Crippen LogP contribution in [-0.4, -0.2) is 130 Å². The molecule has 2 amide bonds. The van der Waals surface area contributed by atoms with E-state index in [1.54, 1.807) is 0 Å². The first-order valence-corrected chi connectivity index (χ1v) is 11.4. The van der Waals surface area contributed by atoms with E-state index >= 15 is 0 Å². The predicted octanol–water partition coefficient (Wildman–Crippen LogP) is -6.59. The lowest BCUT2D eigenvalue weighted by Gasteiger charge is -2.47. The van der Waals surface area contributed by atoms with Crippen LogP contribution in [0.2, 0.25) is 0 Å². The Morgan fingerprint density at radius 3 is 1.97 bits per heavy atom. The third-order valence-corrected chi connectivity index (χ3v) is 6.66. The van der Waals surface area contributed by atoms with Crippen LogP contribution in [0.15, 0.2) is 0 Å². The van der Waals surface area contributed by atoms with Crippen molar-refractivity contribution in [2.24, 2.45) is 28.7 Å². The highest BCUT2D eigenvalue weighted by molar-refractivity contribution is 5.71. The summed E-state index contributed by atoms with van der Waals surface area (Å²) in [5, 5.41) is 53.4. The Bertz CT molecular complexity index is 709. The molecule has 35 heavy (non-hydrogen) atoms. The number of rotatable bonds is 7. The van der Waals surface area contributed by atoms with Crippen LogP contribution >= 0.6 is 0 Å². The second-order valence-corrected chi connectivity index (χ2v) is 9.29. The summed E-state index contributed by atoms with van der Waals surface area (Å²) < 4.78 is 22.8. The third kappa shape index (κ3) is 6.37. The average Bonchev–Trinajstić information content (AvgIpc) is 2.79. The number of hydrogen-bond donors (Lipinski definition) is 11. The van der Waals surface area contributed by atoms with Gasteiger partial charge in [0, 0.05) is 18.6 Å². The van der Waals surface area contributed by atoms with Crippen molar-refractivity contribution < 1.29 is 49.3 Å².